The molecule has 1 unspecified atom stereocenters. The van der Waals surface area contributed by atoms with Crippen LogP contribution in [0.2, 0.25) is 0 Å². The van der Waals surface area contributed by atoms with Gasteiger partial charge in [0.1, 0.15) is 10.9 Å². The first-order chi connectivity index (χ1) is 22.9. The number of esters is 1. The van der Waals surface area contributed by atoms with Gasteiger partial charge in [-0.15, -0.1) is 23.1 Å². The minimum Gasteiger partial charge on any atom is -0.466 e. The number of carbonyl (C=O) groups excluding carboxylic acids is 4. The first-order valence-electron chi connectivity index (χ1n) is 14.5. The summed E-state index contributed by atoms with van der Waals surface area (Å²) in [4.78, 5) is 56.7. The molecule has 0 aliphatic carbocycles. The minimum absolute atomic E-state index is 0.0324. The Hall–Kier alpha value is -5.04. The number of thioether (sulfide) groups is 1. The molecule has 9 nitrogen and oxygen atoms in total. The van der Waals surface area contributed by atoms with E-state index >= 15 is 0 Å². The van der Waals surface area contributed by atoms with E-state index in [0.717, 1.165) is 16.0 Å². The highest BCUT2D eigenvalue weighted by Crippen LogP contribution is 2.37. The predicted molar refractivity (Wildman–Crippen MR) is 187 cm³/mol. The van der Waals surface area contributed by atoms with Crippen LogP contribution in [0.5, 0.6) is 0 Å². The Morgan fingerprint density at radius 3 is 2.30 bits per heavy atom. The quantitative estimate of drug-likeness (QED) is 0.0682. The third-order valence-corrected chi connectivity index (χ3v) is 9.28. The molecule has 0 spiro atoms. The normalized spacial score (nSPS) is 11.7. The molecular formula is C35H30N4O5S3. The van der Waals surface area contributed by atoms with Gasteiger partial charge in [0, 0.05) is 21.5 Å². The van der Waals surface area contributed by atoms with Crippen molar-refractivity contribution in [3.8, 4) is 0 Å². The van der Waals surface area contributed by atoms with Crippen molar-refractivity contribution < 1.29 is 23.9 Å². The number of anilines is 2. The number of nitrogens with one attached hydrogen (secondary N) is 3. The summed E-state index contributed by atoms with van der Waals surface area (Å²) in [5.74, 6) is -1.52. The number of nitrogens with zero attached hydrogens (tertiary/aromatic N) is 1. The molecule has 0 bridgehead atoms. The highest BCUT2D eigenvalue weighted by atomic mass is 32.2. The third-order valence-electron chi connectivity index (χ3n) is 6.50. The van der Waals surface area contributed by atoms with Crippen LogP contribution in [0.25, 0.3) is 6.08 Å². The van der Waals surface area contributed by atoms with Crippen LogP contribution in [-0.2, 0) is 25.5 Å². The lowest BCUT2D eigenvalue weighted by molar-refractivity contribution is -0.142. The van der Waals surface area contributed by atoms with Crippen LogP contribution in [0.1, 0.15) is 39.4 Å². The van der Waals surface area contributed by atoms with Gasteiger partial charge in [0.2, 0.25) is 5.91 Å². The molecule has 47 heavy (non-hydrogen) atoms. The van der Waals surface area contributed by atoms with Gasteiger partial charge in [-0.2, -0.15) is 11.3 Å². The number of thiazole rings is 1. The Morgan fingerprint density at radius 2 is 1.62 bits per heavy atom. The number of hydrogen-bond acceptors (Lipinski definition) is 9. The fraction of sp³-hybridized carbons (Fsp3) is 0.114. The van der Waals surface area contributed by atoms with Crippen LogP contribution in [0.3, 0.4) is 0 Å². The van der Waals surface area contributed by atoms with E-state index in [0.29, 0.717) is 22.1 Å². The first-order valence-corrected chi connectivity index (χ1v) is 17.2. The van der Waals surface area contributed by atoms with Gasteiger partial charge in [0.05, 0.1) is 18.7 Å². The Morgan fingerprint density at radius 1 is 0.894 bits per heavy atom. The van der Waals surface area contributed by atoms with Crippen molar-refractivity contribution in [2.24, 2.45) is 0 Å². The second-order valence-electron chi connectivity index (χ2n) is 9.94. The largest absolute Gasteiger partial charge is 0.466 e. The molecule has 3 amide bonds. The van der Waals surface area contributed by atoms with E-state index in [1.807, 2.05) is 65.4 Å². The smallest absolute Gasteiger partial charge is 0.311 e. The summed E-state index contributed by atoms with van der Waals surface area (Å²) in [5, 5.41) is 13.7. The third kappa shape index (κ3) is 9.72. The maximum Gasteiger partial charge on any atom is 0.311 e. The molecule has 1 atom stereocenters. The summed E-state index contributed by atoms with van der Waals surface area (Å²) in [6.07, 6.45) is 1.66. The number of carbonyl (C=O) groups is 4. The van der Waals surface area contributed by atoms with Crippen LogP contribution in [0.15, 0.2) is 118 Å². The number of aromatic nitrogens is 1. The fourth-order valence-electron chi connectivity index (χ4n) is 4.29. The Labute approximate surface area is 284 Å². The van der Waals surface area contributed by atoms with Gasteiger partial charge >= 0.3 is 5.97 Å². The molecule has 0 aliphatic heterocycles. The average Bonchev–Trinajstić information content (AvgIpc) is 3.77. The van der Waals surface area contributed by atoms with Gasteiger partial charge in [-0.05, 0) is 77.4 Å². The van der Waals surface area contributed by atoms with Crippen LogP contribution in [0, 0.1) is 0 Å². The monoisotopic (exact) mass is 682 g/mol. The molecule has 3 aromatic carbocycles. The van der Waals surface area contributed by atoms with Crippen LogP contribution < -0.4 is 16.0 Å². The maximum absolute atomic E-state index is 13.5. The molecule has 5 rings (SSSR count). The Bertz CT molecular complexity index is 1840. The number of hydrogen-bond donors (Lipinski definition) is 3. The Balaban J connectivity index is 1.27. The van der Waals surface area contributed by atoms with Crippen molar-refractivity contribution in [1.29, 1.82) is 0 Å². The van der Waals surface area contributed by atoms with E-state index in [-0.39, 0.29) is 30.6 Å². The first kappa shape index (κ1) is 33.3. The molecule has 238 valence electrons. The topological polar surface area (TPSA) is 126 Å². The highest BCUT2D eigenvalue weighted by Gasteiger charge is 2.24. The van der Waals surface area contributed by atoms with Crippen LogP contribution in [0.4, 0.5) is 10.8 Å². The minimum atomic E-state index is -0.609. The predicted octanol–water partition coefficient (Wildman–Crippen LogP) is 7.19. The molecule has 2 aromatic heterocycles. The van der Waals surface area contributed by atoms with E-state index in [9.17, 15) is 19.2 Å². The second-order valence-corrected chi connectivity index (χ2v) is 12.8. The zero-order valence-electron chi connectivity index (χ0n) is 25.2. The molecule has 3 N–H and O–H groups in total. The van der Waals surface area contributed by atoms with E-state index < -0.39 is 17.1 Å². The van der Waals surface area contributed by atoms with E-state index in [2.05, 4.69) is 20.9 Å². The summed E-state index contributed by atoms with van der Waals surface area (Å²) in [6.45, 7) is 2.03. The lowest BCUT2D eigenvalue weighted by Gasteiger charge is -2.17. The van der Waals surface area contributed by atoms with Gasteiger partial charge in [0.25, 0.3) is 11.8 Å². The molecule has 0 saturated heterocycles. The van der Waals surface area contributed by atoms with E-state index in [1.165, 1.54) is 34.4 Å². The van der Waals surface area contributed by atoms with Crippen molar-refractivity contribution in [2.45, 2.75) is 23.5 Å². The summed E-state index contributed by atoms with van der Waals surface area (Å²) < 4.78 is 4.99. The molecule has 0 fully saturated rings. The van der Waals surface area contributed by atoms with Gasteiger partial charge in [-0.1, -0.05) is 48.5 Å². The molecular weight excluding hydrogens is 653 g/mol. The lowest BCUT2D eigenvalue weighted by Crippen LogP contribution is -2.30. The highest BCUT2D eigenvalue weighted by molar-refractivity contribution is 8.00. The average molecular weight is 683 g/mol. The van der Waals surface area contributed by atoms with Crippen molar-refractivity contribution in [3.05, 3.63) is 135 Å². The molecule has 5 aromatic rings. The summed E-state index contributed by atoms with van der Waals surface area (Å²) in [7, 11) is 0. The number of thiophene rings is 1. The fourth-order valence-corrected chi connectivity index (χ4v) is 6.65. The number of ether oxygens (including phenoxy) is 1. The Kier molecular flexibility index (Phi) is 11.7. The SMILES string of the molecule is CCOC(=O)Cc1csc(NC(=O)C(Sc2ccc(NC(=O)/C(=C/c3ccsc3)NC(=O)c3ccccc3)cc2)c2ccccc2)n1. The van der Waals surface area contributed by atoms with Crippen LogP contribution >= 0.6 is 34.4 Å². The molecule has 12 heteroatoms. The molecule has 0 saturated carbocycles. The van der Waals surface area contributed by atoms with Gasteiger partial charge < -0.3 is 20.7 Å². The van der Waals surface area contributed by atoms with Crippen molar-refractivity contribution in [1.82, 2.24) is 10.3 Å². The van der Waals surface area contributed by atoms with Gasteiger partial charge in [0.15, 0.2) is 5.13 Å². The van der Waals surface area contributed by atoms with E-state index in [4.69, 9.17) is 4.74 Å². The van der Waals surface area contributed by atoms with Crippen molar-refractivity contribution >= 4 is 75.0 Å². The molecule has 0 radical (unpaired) electrons. The number of benzene rings is 3. The van der Waals surface area contributed by atoms with Crippen molar-refractivity contribution in [3.63, 3.8) is 0 Å². The lowest BCUT2D eigenvalue weighted by atomic mass is 10.1. The number of amides is 3. The summed E-state index contributed by atoms with van der Waals surface area (Å²) in [5.41, 5.74) is 3.16. The van der Waals surface area contributed by atoms with Gasteiger partial charge in [-0.25, -0.2) is 4.98 Å². The zero-order valence-corrected chi connectivity index (χ0v) is 27.6. The van der Waals surface area contributed by atoms with Gasteiger partial charge in [-0.3, -0.25) is 19.2 Å². The zero-order chi connectivity index (χ0) is 33.0. The molecule has 0 aliphatic rings. The summed E-state index contributed by atoms with van der Waals surface area (Å²) in [6, 6.07) is 27.0. The molecule has 2 heterocycles. The van der Waals surface area contributed by atoms with Crippen LogP contribution in [-0.4, -0.2) is 35.3 Å². The maximum atomic E-state index is 13.5. The van der Waals surface area contributed by atoms with E-state index in [1.54, 1.807) is 54.8 Å². The summed E-state index contributed by atoms with van der Waals surface area (Å²) >= 11 is 4.07. The number of rotatable bonds is 13. The standard InChI is InChI=1S/C35H30N4O5S3/c1-2-44-30(40)20-27-22-46-35(37-27)39-34(43)31(24-9-5-3-6-10-24)47-28-15-13-26(14-16-28)36-33(42)29(19-23-17-18-45-21-23)38-32(41)25-11-7-4-8-12-25/h3-19,21-22,31H,2,20H2,1H3,(H,36,42)(H,38,41)(H,37,39,43)/b29-19-. The second kappa shape index (κ2) is 16.5. The van der Waals surface area contributed by atoms with Crippen molar-refractivity contribution in [2.75, 3.05) is 17.2 Å².